The molecule has 0 saturated heterocycles. The van der Waals surface area contributed by atoms with Crippen molar-refractivity contribution in [2.75, 3.05) is 13.7 Å². The van der Waals surface area contributed by atoms with Gasteiger partial charge in [-0.15, -0.1) is 0 Å². The summed E-state index contributed by atoms with van der Waals surface area (Å²) >= 11 is 0. The summed E-state index contributed by atoms with van der Waals surface area (Å²) in [6.45, 7) is 8.47. The van der Waals surface area contributed by atoms with Gasteiger partial charge in [-0.1, -0.05) is 13.0 Å². The number of nitrogens with one attached hydrogen (secondary N) is 1. The molecule has 0 saturated carbocycles. The second kappa shape index (κ2) is 8.58. The van der Waals surface area contributed by atoms with Crippen molar-refractivity contribution in [1.82, 2.24) is 15.1 Å². The van der Waals surface area contributed by atoms with Crippen LogP contribution in [0.1, 0.15) is 38.4 Å². The predicted molar refractivity (Wildman–Crippen MR) is 91.8 cm³/mol. The number of ether oxygens (including phenoxy) is 2. The van der Waals surface area contributed by atoms with Crippen LogP contribution in [0.2, 0.25) is 0 Å². The van der Waals surface area contributed by atoms with Gasteiger partial charge in [-0.05, 0) is 51.1 Å². The van der Waals surface area contributed by atoms with E-state index in [1.165, 1.54) is 5.56 Å². The lowest BCUT2D eigenvalue weighted by Gasteiger charge is -2.19. The van der Waals surface area contributed by atoms with Crippen molar-refractivity contribution in [1.29, 1.82) is 0 Å². The number of H-pyrrole nitrogens is 1. The van der Waals surface area contributed by atoms with E-state index in [2.05, 4.69) is 48.1 Å². The first-order valence-corrected chi connectivity index (χ1v) is 8.21. The topological polar surface area (TPSA) is 50.4 Å². The number of nitrogens with zero attached hydrogens (tertiary/aromatic N) is 2. The highest BCUT2D eigenvalue weighted by Gasteiger charge is 2.11. The van der Waals surface area contributed by atoms with E-state index in [0.29, 0.717) is 6.61 Å². The van der Waals surface area contributed by atoms with Gasteiger partial charge in [0.1, 0.15) is 0 Å². The Labute approximate surface area is 138 Å². The van der Waals surface area contributed by atoms with Gasteiger partial charge < -0.3 is 9.47 Å². The maximum atomic E-state index is 5.94. The molecule has 0 fully saturated rings. The van der Waals surface area contributed by atoms with E-state index in [0.717, 1.165) is 36.7 Å². The van der Waals surface area contributed by atoms with Crippen molar-refractivity contribution in [3.05, 3.63) is 41.7 Å². The summed E-state index contributed by atoms with van der Waals surface area (Å²) in [6, 6.07) is 8.18. The van der Waals surface area contributed by atoms with Crippen LogP contribution in [0.15, 0.2) is 30.5 Å². The number of hydrogen-bond acceptors (Lipinski definition) is 4. The van der Waals surface area contributed by atoms with Crippen LogP contribution in [0.4, 0.5) is 0 Å². The Balaban J connectivity index is 2.05. The van der Waals surface area contributed by atoms with Crippen molar-refractivity contribution < 1.29 is 9.47 Å². The quantitative estimate of drug-likeness (QED) is 0.767. The Morgan fingerprint density at radius 1 is 1.17 bits per heavy atom. The zero-order chi connectivity index (χ0) is 16.7. The van der Waals surface area contributed by atoms with E-state index in [9.17, 15) is 0 Å². The van der Waals surface area contributed by atoms with Gasteiger partial charge in [-0.3, -0.25) is 10.00 Å². The zero-order valence-corrected chi connectivity index (χ0v) is 14.5. The van der Waals surface area contributed by atoms with Gasteiger partial charge in [0.2, 0.25) is 0 Å². The lowest BCUT2D eigenvalue weighted by molar-refractivity contribution is 0.203. The summed E-state index contributed by atoms with van der Waals surface area (Å²) in [4.78, 5) is 2.23. The molecular formula is C18H27N3O2. The Hall–Kier alpha value is -2.01. The Bertz CT molecular complexity index is 584. The monoisotopic (exact) mass is 317 g/mol. The van der Waals surface area contributed by atoms with Crippen molar-refractivity contribution in [3.63, 3.8) is 0 Å². The second-order valence-electron chi connectivity index (χ2n) is 5.80. The van der Waals surface area contributed by atoms with E-state index in [-0.39, 0.29) is 6.10 Å². The van der Waals surface area contributed by atoms with Gasteiger partial charge in [0.05, 0.1) is 12.7 Å². The lowest BCUT2D eigenvalue weighted by atomic mass is 10.2. The van der Waals surface area contributed by atoms with Crippen LogP contribution in [0.5, 0.6) is 11.5 Å². The first kappa shape index (κ1) is 17.3. The van der Waals surface area contributed by atoms with Crippen molar-refractivity contribution in [3.8, 4) is 11.5 Å². The highest BCUT2D eigenvalue weighted by Crippen LogP contribution is 2.30. The Morgan fingerprint density at radius 3 is 2.65 bits per heavy atom. The first-order chi connectivity index (χ1) is 11.1. The van der Waals surface area contributed by atoms with Crippen LogP contribution >= 0.6 is 0 Å². The molecule has 0 aliphatic heterocycles. The SMILES string of the molecule is CCOc1cc(CN(C)Cc2ccn[nH]2)ccc1OC(C)CC. The summed E-state index contributed by atoms with van der Waals surface area (Å²) < 4.78 is 11.7. The van der Waals surface area contributed by atoms with Gasteiger partial charge >= 0.3 is 0 Å². The van der Waals surface area contributed by atoms with Crippen LogP contribution in [-0.2, 0) is 13.1 Å². The summed E-state index contributed by atoms with van der Waals surface area (Å²) in [5.41, 5.74) is 2.31. The van der Waals surface area contributed by atoms with Gasteiger partial charge in [-0.2, -0.15) is 5.10 Å². The van der Waals surface area contributed by atoms with Gasteiger partial charge in [0.25, 0.3) is 0 Å². The number of aromatic nitrogens is 2. The van der Waals surface area contributed by atoms with E-state index in [4.69, 9.17) is 9.47 Å². The lowest BCUT2D eigenvalue weighted by Crippen LogP contribution is -2.17. The fourth-order valence-corrected chi connectivity index (χ4v) is 2.35. The number of hydrogen-bond donors (Lipinski definition) is 1. The van der Waals surface area contributed by atoms with Crippen molar-refractivity contribution in [2.24, 2.45) is 0 Å². The fraction of sp³-hybridized carbons (Fsp3) is 0.500. The average molecular weight is 317 g/mol. The Kier molecular flexibility index (Phi) is 6.47. The van der Waals surface area contributed by atoms with Crippen LogP contribution in [0.3, 0.4) is 0 Å². The molecular weight excluding hydrogens is 290 g/mol. The molecule has 0 aliphatic carbocycles. The minimum absolute atomic E-state index is 0.183. The van der Waals surface area contributed by atoms with E-state index >= 15 is 0 Å². The molecule has 1 atom stereocenters. The van der Waals surface area contributed by atoms with E-state index < -0.39 is 0 Å². The molecule has 1 aromatic carbocycles. The minimum Gasteiger partial charge on any atom is -0.490 e. The summed E-state index contributed by atoms with van der Waals surface area (Å²) in [7, 11) is 2.09. The average Bonchev–Trinajstić information content (AvgIpc) is 3.02. The maximum absolute atomic E-state index is 5.94. The Morgan fingerprint density at radius 2 is 2.00 bits per heavy atom. The third kappa shape index (κ3) is 5.28. The van der Waals surface area contributed by atoms with E-state index in [1.54, 1.807) is 6.20 Å². The summed E-state index contributed by atoms with van der Waals surface area (Å²) in [5, 5.41) is 6.97. The highest BCUT2D eigenvalue weighted by atomic mass is 16.5. The molecule has 1 heterocycles. The van der Waals surface area contributed by atoms with E-state index in [1.807, 2.05) is 19.1 Å². The molecule has 1 unspecified atom stereocenters. The number of rotatable bonds is 9. The molecule has 5 heteroatoms. The molecule has 126 valence electrons. The molecule has 0 amide bonds. The highest BCUT2D eigenvalue weighted by molar-refractivity contribution is 5.43. The van der Waals surface area contributed by atoms with Gasteiger partial charge in [0.15, 0.2) is 11.5 Å². The smallest absolute Gasteiger partial charge is 0.161 e. The van der Waals surface area contributed by atoms with Crippen molar-refractivity contribution >= 4 is 0 Å². The molecule has 2 aromatic rings. The van der Waals surface area contributed by atoms with Gasteiger partial charge in [-0.25, -0.2) is 0 Å². The molecule has 0 aliphatic rings. The fourth-order valence-electron chi connectivity index (χ4n) is 2.35. The molecule has 1 N–H and O–H groups in total. The predicted octanol–water partition coefficient (Wildman–Crippen LogP) is 3.62. The van der Waals surface area contributed by atoms with Crippen LogP contribution in [0.25, 0.3) is 0 Å². The number of benzene rings is 1. The normalized spacial score (nSPS) is 12.4. The maximum Gasteiger partial charge on any atom is 0.161 e. The second-order valence-corrected chi connectivity index (χ2v) is 5.80. The standard InChI is InChI=1S/C18H27N3O2/c1-5-14(3)23-17-8-7-15(11-18(17)22-6-2)12-21(4)13-16-9-10-19-20-16/h7-11,14H,5-6,12-13H2,1-4H3,(H,19,20). The molecule has 0 radical (unpaired) electrons. The molecule has 23 heavy (non-hydrogen) atoms. The summed E-state index contributed by atoms with van der Waals surface area (Å²) in [5.74, 6) is 1.64. The third-order valence-corrected chi connectivity index (χ3v) is 3.66. The van der Waals surface area contributed by atoms with Crippen LogP contribution in [0, 0.1) is 0 Å². The van der Waals surface area contributed by atoms with Gasteiger partial charge in [0, 0.05) is 25.0 Å². The minimum atomic E-state index is 0.183. The van der Waals surface area contributed by atoms with Crippen LogP contribution in [-0.4, -0.2) is 34.9 Å². The van der Waals surface area contributed by atoms with Crippen molar-refractivity contribution in [2.45, 2.75) is 46.4 Å². The summed E-state index contributed by atoms with van der Waals surface area (Å²) in [6.07, 6.45) is 2.93. The molecule has 5 nitrogen and oxygen atoms in total. The molecule has 1 aromatic heterocycles. The molecule has 0 spiro atoms. The zero-order valence-electron chi connectivity index (χ0n) is 14.5. The first-order valence-electron chi connectivity index (χ1n) is 8.21. The largest absolute Gasteiger partial charge is 0.490 e. The molecule has 2 rings (SSSR count). The number of aromatic amines is 1. The van der Waals surface area contributed by atoms with Crippen LogP contribution < -0.4 is 9.47 Å². The third-order valence-electron chi connectivity index (χ3n) is 3.66. The molecule has 0 bridgehead atoms.